The molecule has 2 aromatic rings. The minimum absolute atomic E-state index is 0.810. The molecule has 1 N–H and O–H groups in total. The fourth-order valence-corrected chi connectivity index (χ4v) is 1.89. The van der Waals surface area contributed by atoms with Crippen LogP contribution in [-0.4, -0.2) is 4.98 Å². The third kappa shape index (κ3) is 2.61. The van der Waals surface area contributed by atoms with Gasteiger partial charge in [0.1, 0.15) is 0 Å². The molecule has 1 heterocycles. The van der Waals surface area contributed by atoms with Crippen LogP contribution in [0.25, 0.3) is 0 Å². The van der Waals surface area contributed by atoms with Gasteiger partial charge in [-0.1, -0.05) is 12.1 Å². The van der Waals surface area contributed by atoms with Gasteiger partial charge in [0.25, 0.3) is 0 Å². The summed E-state index contributed by atoms with van der Waals surface area (Å²) in [5, 5.41) is 3.40. The standard InChI is InChI=1S/C13H13BrN2/c1-10-3-2-4-12(13(10)14)16-9-11-5-7-15-8-6-11/h2-8,16H,9H2,1H3. The maximum Gasteiger partial charge on any atom is 0.0490 e. The fourth-order valence-electron chi connectivity index (χ4n) is 1.48. The zero-order valence-electron chi connectivity index (χ0n) is 9.07. The van der Waals surface area contributed by atoms with Crippen LogP contribution in [0.1, 0.15) is 11.1 Å². The van der Waals surface area contributed by atoms with Crippen LogP contribution >= 0.6 is 15.9 Å². The van der Waals surface area contributed by atoms with Crippen LogP contribution < -0.4 is 5.32 Å². The van der Waals surface area contributed by atoms with Gasteiger partial charge in [0, 0.05) is 29.1 Å². The Labute approximate surface area is 104 Å². The summed E-state index contributed by atoms with van der Waals surface area (Å²) in [6.45, 7) is 2.90. The molecule has 2 nitrogen and oxygen atoms in total. The number of benzene rings is 1. The summed E-state index contributed by atoms with van der Waals surface area (Å²) in [5.41, 5.74) is 3.58. The first-order valence-corrected chi connectivity index (χ1v) is 5.94. The highest BCUT2D eigenvalue weighted by molar-refractivity contribution is 9.10. The van der Waals surface area contributed by atoms with Crippen LogP contribution in [-0.2, 0) is 6.54 Å². The fraction of sp³-hybridized carbons (Fsp3) is 0.154. The van der Waals surface area contributed by atoms with Crippen molar-refractivity contribution in [1.29, 1.82) is 0 Å². The Balaban J connectivity index is 2.08. The molecule has 0 bridgehead atoms. The average molecular weight is 277 g/mol. The Morgan fingerprint density at radius 3 is 2.69 bits per heavy atom. The summed E-state index contributed by atoms with van der Waals surface area (Å²) < 4.78 is 1.13. The van der Waals surface area contributed by atoms with Crippen LogP contribution in [0, 0.1) is 6.92 Å². The van der Waals surface area contributed by atoms with Crippen molar-refractivity contribution in [2.24, 2.45) is 0 Å². The first kappa shape index (κ1) is 11.1. The Kier molecular flexibility index (Phi) is 3.57. The van der Waals surface area contributed by atoms with E-state index in [1.165, 1.54) is 11.1 Å². The van der Waals surface area contributed by atoms with Crippen LogP contribution in [0.5, 0.6) is 0 Å². The Morgan fingerprint density at radius 1 is 1.19 bits per heavy atom. The quantitative estimate of drug-likeness (QED) is 0.923. The molecule has 0 unspecified atom stereocenters. The minimum atomic E-state index is 0.810. The van der Waals surface area contributed by atoms with Crippen molar-refractivity contribution in [2.75, 3.05) is 5.32 Å². The summed E-state index contributed by atoms with van der Waals surface area (Å²) in [7, 11) is 0. The second-order valence-electron chi connectivity index (χ2n) is 3.65. The van der Waals surface area contributed by atoms with Gasteiger partial charge in [0.05, 0.1) is 0 Å². The third-order valence-corrected chi connectivity index (χ3v) is 3.48. The summed E-state index contributed by atoms with van der Waals surface area (Å²) in [6, 6.07) is 10.2. The highest BCUT2D eigenvalue weighted by atomic mass is 79.9. The van der Waals surface area contributed by atoms with E-state index in [-0.39, 0.29) is 0 Å². The molecule has 1 aromatic heterocycles. The maximum absolute atomic E-state index is 4.00. The second-order valence-corrected chi connectivity index (χ2v) is 4.44. The lowest BCUT2D eigenvalue weighted by molar-refractivity contribution is 1.12. The van der Waals surface area contributed by atoms with Gasteiger partial charge in [-0.05, 0) is 52.2 Å². The SMILES string of the molecule is Cc1cccc(NCc2ccncc2)c1Br. The number of hydrogen-bond acceptors (Lipinski definition) is 2. The lowest BCUT2D eigenvalue weighted by atomic mass is 10.2. The molecule has 0 radical (unpaired) electrons. The summed E-state index contributed by atoms with van der Waals surface area (Å²) in [5.74, 6) is 0. The predicted octanol–water partition coefficient (Wildman–Crippen LogP) is 3.76. The normalized spacial score (nSPS) is 10.1. The van der Waals surface area contributed by atoms with Crippen molar-refractivity contribution in [3.63, 3.8) is 0 Å². The molecule has 0 amide bonds. The van der Waals surface area contributed by atoms with Crippen molar-refractivity contribution in [2.45, 2.75) is 13.5 Å². The lowest BCUT2D eigenvalue weighted by Gasteiger charge is -2.10. The number of nitrogens with one attached hydrogen (secondary N) is 1. The smallest absolute Gasteiger partial charge is 0.0490 e. The van der Waals surface area contributed by atoms with Crippen molar-refractivity contribution >= 4 is 21.6 Å². The Morgan fingerprint density at radius 2 is 1.94 bits per heavy atom. The van der Waals surface area contributed by atoms with Gasteiger partial charge in [0.15, 0.2) is 0 Å². The number of rotatable bonds is 3. The molecule has 0 fully saturated rings. The van der Waals surface area contributed by atoms with Crippen molar-refractivity contribution in [3.8, 4) is 0 Å². The van der Waals surface area contributed by atoms with Gasteiger partial charge >= 0.3 is 0 Å². The van der Waals surface area contributed by atoms with E-state index in [1.54, 1.807) is 0 Å². The van der Waals surface area contributed by atoms with Crippen molar-refractivity contribution in [3.05, 3.63) is 58.3 Å². The summed E-state index contributed by atoms with van der Waals surface area (Å²) in [6.07, 6.45) is 3.62. The third-order valence-electron chi connectivity index (χ3n) is 2.42. The number of hydrogen-bond donors (Lipinski definition) is 1. The summed E-state index contributed by atoms with van der Waals surface area (Å²) >= 11 is 3.58. The Bertz CT molecular complexity index is 469. The molecule has 0 spiro atoms. The molecule has 0 atom stereocenters. The molecule has 2 rings (SSSR count). The molecular formula is C13H13BrN2. The minimum Gasteiger partial charge on any atom is -0.380 e. The maximum atomic E-state index is 4.00. The monoisotopic (exact) mass is 276 g/mol. The van der Waals surface area contributed by atoms with E-state index in [2.05, 4.69) is 51.4 Å². The summed E-state index contributed by atoms with van der Waals surface area (Å²) in [4.78, 5) is 4.00. The van der Waals surface area contributed by atoms with E-state index in [0.717, 1.165) is 16.7 Å². The largest absolute Gasteiger partial charge is 0.380 e. The highest BCUT2D eigenvalue weighted by Crippen LogP contribution is 2.25. The highest BCUT2D eigenvalue weighted by Gasteiger charge is 2.01. The number of nitrogens with zero attached hydrogens (tertiary/aromatic N) is 1. The van der Waals surface area contributed by atoms with Gasteiger partial charge in [-0.15, -0.1) is 0 Å². The second kappa shape index (κ2) is 5.12. The van der Waals surface area contributed by atoms with Gasteiger partial charge in [-0.25, -0.2) is 0 Å². The number of halogens is 1. The zero-order valence-corrected chi connectivity index (χ0v) is 10.7. The van der Waals surface area contributed by atoms with Gasteiger partial charge < -0.3 is 5.32 Å². The molecule has 0 saturated heterocycles. The number of aryl methyl sites for hydroxylation is 1. The molecule has 82 valence electrons. The Hall–Kier alpha value is -1.35. The topological polar surface area (TPSA) is 24.9 Å². The predicted molar refractivity (Wildman–Crippen MR) is 70.4 cm³/mol. The molecule has 3 heteroatoms. The van der Waals surface area contributed by atoms with Gasteiger partial charge in [-0.3, -0.25) is 4.98 Å². The van der Waals surface area contributed by atoms with Crippen LogP contribution in [0.15, 0.2) is 47.2 Å². The van der Waals surface area contributed by atoms with Gasteiger partial charge in [-0.2, -0.15) is 0 Å². The van der Waals surface area contributed by atoms with E-state index in [0.29, 0.717) is 0 Å². The number of aromatic nitrogens is 1. The average Bonchev–Trinajstić information content (AvgIpc) is 2.32. The number of anilines is 1. The van der Waals surface area contributed by atoms with Crippen molar-refractivity contribution in [1.82, 2.24) is 4.98 Å². The van der Waals surface area contributed by atoms with E-state index in [1.807, 2.05) is 24.5 Å². The molecule has 0 aliphatic rings. The van der Waals surface area contributed by atoms with Crippen LogP contribution in [0.2, 0.25) is 0 Å². The molecule has 0 aliphatic carbocycles. The first-order chi connectivity index (χ1) is 7.77. The van der Waals surface area contributed by atoms with E-state index in [4.69, 9.17) is 0 Å². The van der Waals surface area contributed by atoms with E-state index < -0.39 is 0 Å². The first-order valence-electron chi connectivity index (χ1n) is 5.15. The van der Waals surface area contributed by atoms with Crippen molar-refractivity contribution < 1.29 is 0 Å². The molecule has 0 saturated carbocycles. The van der Waals surface area contributed by atoms with E-state index in [9.17, 15) is 0 Å². The van der Waals surface area contributed by atoms with E-state index >= 15 is 0 Å². The number of pyridine rings is 1. The van der Waals surface area contributed by atoms with Crippen LogP contribution in [0.4, 0.5) is 5.69 Å². The van der Waals surface area contributed by atoms with Crippen LogP contribution in [0.3, 0.4) is 0 Å². The molecule has 16 heavy (non-hydrogen) atoms. The molecule has 1 aromatic carbocycles. The zero-order chi connectivity index (χ0) is 11.4. The molecule has 0 aliphatic heterocycles. The molecular weight excluding hydrogens is 264 g/mol. The van der Waals surface area contributed by atoms with Gasteiger partial charge in [0.2, 0.25) is 0 Å². The lowest BCUT2D eigenvalue weighted by Crippen LogP contribution is -2.00.